The highest BCUT2D eigenvalue weighted by Crippen LogP contribution is 2.33. The molecule has 1 saturated heterocycles. The van der Waals surface area contributed by atoms with E-state index in [0.717, 1.165) is 54.0 Å². The van der Waals surface area contributed by atoms with E-state index in [-0.39, 0.29) is 29.9 Å². The molecule has 1 atom stereocenters. The zero-order chi connectivity index (χ0) is 25.2. The number of sulfonamides is 1. The first kappa shape index (κ1) is 25.4. The summed E-state index contributed by atoms with van der Waals surface area (Å²) in [5.74, 6) is -0.735. The molecule has 8 heteroatoms. The van der Waals surface area contributed by atoms with Crippen LogP contribution >= 0.6 is 0 Å². The first-order valence-corrected chi connectivity index (χ1v) is 13.8. The van der Waals surface area contributed by atoms with Crippen LogP contribution in [0.1, 0.15) is 56.6 Å². The van der Waals surface area contributed by atoms with E-state index < -0.39 is 21.5 Å². The Bertz CT molecular complexity index is 1190. The smallest absolute Gasteiger partial charge is 0.247 e. The lowest BCUT2D eigenvalue weighted by Crippen LogP contribution is -2.70. The highest BCUT2D eigenvalue weighted by atomic mass is 32.2. The Morgan fingerprint density at radius 1 is 0.971 bits per heavy atom. The highest BCUT2D eigenvalue weighted by Gasteiger charge is 2.51. The van der Waals surface area contributed by atoms with Crippen molar-refractivity contribution in [2.75, 3.05) is 18.0 Å². The summed E-state index contributed by atoms with van der Waals surface area (Å²) in [6.07, 6.45) is 6.20. The van der Waals surface area contributed by atoms with Crippen LogP contribution in [0.3, 0.4) is 0 Å². The molecule has 188 valence electrons. The van der Waals surface area contributed by atoms with Gasteiger partial charge in [0.1, 0.15) is 5.54 Å². The van der Waals surface area contributed by atoms with Crippen molar-refractivity contribution >= 4 is 27.5 Å². The molecule has 0 unspecified atom stereocenters. The molecular formula is C27H35N3O4S. The molecule has 2 aromatic carbocycles. The summed E-state index contributed by atoms with van der Waals surface area (Å²) >= 11 is 0. The molecule has 4 rings (SSSR count). The van der Waals surface area contributed by atoms with Crippen LogP contribution in [0, 0.1) is 13.8 Å². The number of anilines is 1. The van der Waals surface area contributed by atoms with E-state index >= 15 is 0 Å². The second-order valence-corrected chi connectivity index (χ2v) is 12.0. The van der Waals surface area contributed by atoms with Crippen LogP contribution in [-0.4, -0.2) is 49.2 Å². The average Bonchev–Trinajstić information content (AvgIpc) is 3.10. The molecule has 1 N–H and O–H groups in total. The Morgan fingerprint density at radius 2 is 1.63 bits per heavy atom. The maximum absolute atomic E-state index is 13.9. The maximum Gasteiger partial charge on any atom is 0.247 e. The molecule has 1 aliphatic heterocycles. The molecule has 0 radical (unpaired) electrons. The predicted octanol–water partition coefficient (Wildman–Crippen LogP) is 3.94. The van der Waals surface area contributed by atoms with E-state index in [1.165, 1.54) is 17.0 Å². The van der Waals surface area contributed by atoms with Crippen LogP contribution in [0.2, 0.25) is 0 Å². The lowest BCUT2D eigenvalue weighted by atomic mass is 9.93. The molecule has 2 aromatic rings. The van der Waals surface area contributed by atoms with Crippen LogP contribution in [0.15, 0.2) is 53.4 Å². The van der Waals surface area contributed by atoms with Gasteiger partial charge in [-0.05, 0) is 69.0 Å². The van der Waals surface area contributed by atoms with Crippen molar-refractivity contribution < 1.29 is 18.0 Å². The third-order valence-corrected chi connectivity index (χ3v) is 9.15. The van der Waals surface area contributed by atoms with Crippen LogP contribution < -0.4 is 10.2 Å². The fourth-order valence-corrected chi connectivity index (χ4v) is 6.61. The number of hydrogen-bond acceptors (Lipinski definition) is 4. The maximum atomic E-state index is 13.9. The quantitative estimate of drug-likeness (QED) is 0.634. The Kier molecular flexibility index (Phi) is 7.33. The van der Waals surface area contributed by atoms with E-state index in [1.807, 2.05) is 32.0 Å². The van der Waals surface area contributed by atoms with Crippen molar-refractivity contribution in [2.24, 2.45) is 0 Å². The number of amides is 2. The highest BCUT2D eigenvalue weighted by molar-refractivity contribution is 7.89. The van der Waals surface area contributed by atoms with Crippen molar-refractivity contribution in [2.45, 2.75) is 75.8 Å². The van der Waals surface area contributed by atoms with Crippen LogP contribution in [0.4, 0.5) is 5.69 Å². The first-order chi connectivity index (χ1) is 16.6. The Hall–Kier alpha value is -2.71. The van der Waals surface area contributed by atoms with Gasteiger partial charge in [-0.1, -0.05) is 49.9 Å². The number of carbonyl (C=O) groups is 2. The first-order valence-electron chi connectivity index (χ1n) is 12.4. The largest absolute Gasteiger partial charge is 0.351 e. The predicted molar refractivity (Wildman–Crippen MR) is 137 cm³/mol. The molecule has 0 bridgehead atoms. The molecular weight excluding hydrogens is 462 g/mol. The third-order valence-electron chi connectivity index (χ3n) is 7.35. The van der Waals surface area contributed by atoms with Gasteiger partial charge in [0.2, 0.25) is 21.8 Å². The van der Waals surface area contributed by atoms with Gasteiger partial charge < -0.3 is 5.32 Å². The van der Waals surface area contributed by atoms with Crippen LogP contribution in [0.5, 0.6) is 0 Å². The summed E-state index contributed by atoms with van der Waals surface area (Å²) < 4.78 is 28.0. The zero-order valence-corrected chi connectivity index (χ0v) is 21.6. The fourth-order valence-electron chi connectivity index (χ4n) is 5.11. The van der Waals surface area contributed by atoms with Crippen LogP contribution in [0.25, 0.3) is 0 Å². The summed E-state index contributed by atoms with van der Waals surface area (Å²) in [7, 11) is -3.95. The number of hydrogen-bond donors (Lipinski definition) is 1. The van der Waals surface area contributed by atoms with Gasteiger partial charge in [-0.25, -0.2) is 8.42 Å². The van der Waals surface area contributed by atoms with Crippen molar-refractivity contribution in [1.82, 2.24) is 9.62 Å². The molecule has 2 aliphatic rings. The van der Waals surface area contributed by atoms with Gasteiger partial charge in [-0.3, -0.25) is 14.5 Å². The van der Waals surface area contributed by atoms with Gasteiger partial charge in [0, 0.05) is 18.3 Å². The van der Waals surface area contributed by atoms with Crippen molar-refractivity contribution in [1.29, 1.82) is 0 Å². The second kappa shape index (κ2) is 10.1. The van der Waals surface area contributed by atoms with Gasteiger partial charge in [0.05, 0.1) is 11.4 Å². The Balaban J connectivity index is 1.72. The molecule has 0 aromatic heterocycles. The monoisotopic (exact) mass is 497 g/mol. The average molecular weight is 498 g/mol. The third kappa shape index (κ3) is 5.14. The van der Waals surface area contributed by atoms with E-state index in [4.69, 9.17) is 0 Å². The normalized spacial score (nSPS) is 22.6. The van der Waals surface area contributed by atoms with E-state index in [0.29, 0.717) is 5.69 Å². The molecule has 1 heterocycles. The van der Waals surface area contributed by atoms with Gasteiger partial charge >= 0.3 is 0 Å². The molecule has 7 nitrogen and oxygen atoms in total. The van der Waals surface area contributed by atoms with Gasteiger partial charge in [0.15, 0.2) is 0 Å². The number of carbonyl (C=O) groups excluding carboxylic acids is 2. The second-order valence-electron chi connectivity index (χ2n) is 10.0. The van der Waals surface area contributed by atoms with Crippen LogP contribution in [-0.2, 0) is 19.6 Å². The summed E-state index contributed by atoms with van der Waals surface area (Å²) in [6, 6.07) is 13.7. The minimum Gasteiger partial charge on any atom is -0.351 e. The molecule has 2 fully saturated rings. The standard InChI is InChI=1S/C27H35N3O4S/c1-20-15-16-23(17-21(20)2)30-25(31)18-29(35(33,34)24-13-9-6-10-14-24)19-27(30,3)26(32)28-22-11-7-4-5-8-12-22/h6,9-10,13-17,22H,4-5,7-8,11-12,18-19H2,1-3H3,(H,28,32)/t27-/m1/s1. The Labute approximate surface area is 208 Å². The molecule has 0 spiro atoms. The summed E-state index contributed by atoms with van der Waals surface area (Å²) in [6.45, 7) is 5.18. The van der Waals surface area contributed by atoms with E-state index in [2.05, 4.69) is 5.32 Å². The van der Waals surface area contributed by atoms with E-state index in [9.17, 15) is 18.0 Å². The Morgan fingerprint density at radius 3 is 2.26 bits per heavy atom. The van der Waals surface area contributed by atoms with Crippen molar-refractivity contribution in [3.63, 3.8) is 0 Å². The minimum absolute atomic E-state index is 0.0274. The topological polar surface area (TPSA) is 86.8 Å². The molecule has 1 aliphatic carbocycles. The molecule has 35 heavy (non-hydrogen) atoms. The lowest BCUT2D eigenvalue weighted by Gasteiger charge is -2.47. The molecule has 2 amide bonds. The molecule has 1 saturated carbocycles. The number of aryl methyl sites for hydroxylation is 2. The summed E-state index contributed by atoms with van der Waals surface area (Å²) in [4.78, 5) is 29.1. The number of nitrogens with one attached hydrogen (secondary N) is 1. The van der Waals surface area contributed by atoms with Crippen molar-refractivity contribution in [3.05, 3.63) is 59.7 Å². The zero-order valence-electron chi connectivity index (χ0n) is 20.8. The summed E-state index contributed by atoms with van der Waals surface area (Å²) in [5, 5.41) is 3.17. The van der Waals surface area contributed by atoms with Gasteiger partial charge in [-0.15, -0.1) is 0 Å². The number of piperazine rings is 1. The van der Waals surface area contributed by atoms with Gasteiger partial charge in [0.25, 0.3) is 0 Å². The lowest BCUT2D eigenvalue weighted by molar-refractivity contribution is -0.133. The number of rotatable bonds is 5. The summed E-state index contributed by atoms with van der Waals surface area (Å²) in [5.41, 5.74) is 1.29. The van der Waals surface area contributed by atoms with E-state index in [1.54, 1.807) is 25.1 Å². The van der Waals surface area contributed by atoms with Crippen molar-refractivity contribution in [3.8, 4) is 0 Å². The fraction of sp³-hybridized carbons (Fsp3) is 0.481. The number of nitrogens with zero attached hydrogens (tertiary/aromatic N) is 2. The minimum atomic E-state index is -3.95. The SMILES string of the molecule is Cc1ccc(N2C(=O)CN(S(=O)(=O)c3ccccc3)C[C@]2(C)C(=O)NC2CCCCCC2)cc1C. The number of benzene rings is 2. The van der Waals surface area contributed by atoms with Gasteiger partial charge in [-0.2, -0.15) is 4.31 Å².